The maximum atomic E-state index is 5.54. The van der Waals surface area contributed by atoms with Gasteiger partial charge in [0.1, 0.15) is 5.75 Å². The summed E-state index contributed by atoms with van der Waals surface area (Å²) in [6.45, 7) is 5.59. The van der Waals surface area contributed by atoms with Crippen LogP contribution < -0.4 is 10.1 Å². The predicted octanol–water partition coefficient (Wildman–Crippen LogP) is 4.77. The highest BCUT2D eigenvalue weighted by Gasteiger charge is 2.19. The molecule has 0 amide bonds. The Kier molecular flexibility index (Phi) is 6.01. The molecule has 2 rings (SSSR count). The molecule has 0 spiro atoms. The Morgan fingerprint density at radius 2 is 2.10 bits per heavy atom. The van der Waals surface area contributed by atoms with Crippen LogP contribution in [-0.4, -0.2) is 18.1 Å². The average Bonchev–Trinajstić information content (AvgIpc) is 2.75. The molecule has 1 unspecified atom stereocenters. The maximum Gasteiger partial charge on any atom is 0.137 e. The Morgan fingerprint density at radius 3 is 2.70 bits per heavy atom. The van der Waals surface area contributed by atoms with E-state index < -0.39 is 0 Å². The van der Waals surface area contributed by atoms with E-state index in [0.29, 0.717) is 6.61 Å². The van der Waals surface area contributed by atoms with Gasteiger partial charge in [0.2, 0.25) is 0 Å². The zero-order valence-corrected chi connectivity index (χ0v) is 15.3. The third-order valence-electron chi connectivity index (χ3n) is 2.78. The number of rotatable bonds is 6. The zero-order chi connectivity index (χ0) is 14.5. The van der Waals surface area contributed by atoms with Crippen LogP contribution in [0.4, 0.5) is 0 Å². The fourth-order valence-electron chi connectivity index (χ4n) is 2.00. The van der Waals surface area contributed by atoms with Crippen LogP contribution in [-0.2, 0) is 0 Å². The van der Waals surface area contributed by atoms with E-state index in [9.17, 15) is 0 Å². The molecular weight excluding hydrogens is 404 g/mol. The normalized spacial score (nSPS) is 12.4. The van der Waals surface area contributed by atoms with Crippen molar-refractivity contribution in [3.8, 4) is 5.75 Å². The van der Waals surface area contributed by atoms with Gasteiger partial charge in [0, 0.05) is 6.20 Å². The number of ether oxygens (including phenoxy) is 1. The van der Waals surface area contributed by atoms with Gasteiger partial charge in [-0.25, -0.2) is 0 Å². The predicted molar refractivity (Wildman–Crippen MR) is 90.6 cm³/mol. The highest BCUT2D eigenvalue weighted by Crippen LogP contribution is 2.38. The van der Waals surface area contributed by atoms with Gasteiger partial charge in [0.15, 0.2) is 0 Å². The quantitative estimate of drug-likeness (QED) is 0.732. The summed E-state index contributed by atoms with van der Waals surface area (Å²) in [6.07, 6.45) is 3.63. The summed E-state index contributed by atoms with van der Waals surface area (Å²) in [6, 6.07) is 4.28. The van der Waals surface area contributed by atoms with Gasteiger partial charge in [0.05, 0.1) is 26.4 Å². The van der Waals surface area contributed by atoms with E-state index in [2.05, 4.69) is 55.2 Å². The first-order valence-corrected chi connectivity index (χ1v) is 8.81. The highest BCUT2D eigenvalue weighted by atomic mass is 79.9. The van der Waals surface area contributed by atoms with Crippen molar-refractivity contribution in [2.45, 2.75) is 19.9 Å². The summed E-state index contributed by atoms with van der Waals surface area (Å²) in [7, 11) is 0. The molecule has 0 saturated carbocycles. The standard InChI is InChI=1S/C14H16Br2N2OS/c1-3-18-13(11-6-12(15)20-14(11)16)9-5-10(19-4-2)8-17-7-9/h5-8,13,18H,3-4H2,1-2H3. The van der Waals surface area contributed by atoms with Crippen molar-refractivity contribution in [3.05, 3.63) is 43.2 Å². The fraction of sp³-hybridized carbons (Fsp3) is 0.357. The van der Waals surface area contributed by atoms with Gasteiger partial charge in [-0.2, -0.15) is 0 Å². The van der Waals surface area contributed by atoms with Gasteiger partial charge in [-0.05, 0) is 68.6 Å². The van der Waals surface area contributed by atoms with Crippen LogP contribution in [0.2, 0.25) is 0 Å². The van der Waals surface area contributed by atoms with E-state index in [1.165, 1.54) is 5.56 Å². The summed E-state index contributed by atoms with van der Waals surface area (Å²) >= 11 is 8.84. The number of thiophene rings is 1. The van der Waals surface area contributed by atoms with Crippen LogP contribution in [0, 0.1) is 0 Å². The summed E-state index contributed by atoms with van der Waals surface area (Å²) in [4.78, 5) is 4.28. The molecule has 2 aromatic rings. The first-order chi connectivity index (χ1) is 9.65. The van der Waals surface area contributed by atoms with Crippen molar-refractivity contribution in [1.29, 1.82) is 0 Å². The highest BCUT2D eigenvalue weighted by molar-refractivity contribution is 9.12. The van der Waals surface area contributed by atoms with Gasteiger partial charge in [-0.3, -0.25) is 4.98 Å². The van der Waals surface area contributed by atoms with Crippen molar-refractivity contribution in [1.82, 2.24) is 10.3 Å². The third-order valence-corrected chi connectivity index (χ3v) is 5.17. The molecule has 3 nitrogen and oxygen atoms in total. The van der Waals surface area contributed by atoms with Crippen LogP contribution in [0.1, 0.15) is 31.0 Å². The van der Waals surface area contributed by atoms with Crippen molar-refractivity contribution < 1.29 is 4.74 Å². The molecular formula is C14H16Br2N2OS. The Balaban J connectivity index is 2.37. The zero-order valence-electron chi connectivity index (χ0n) is 11.3. The molecule has 0 bridgehead atoms. The van der Waals surface area contributed by atoms with Crippen LogP contribution in [0.5, 0.6) is 5.75 Å². The lowest BCUT2D eigenvalue weighted by molar-refractivity contribution is 0.338. The van der Waals surface area contributed by atoms with Crippen molar-refractivity contribution in [3.63, 3.8) is 0 Å². The molecule has 0 radical (unpaired) electrons. The second-order valence-corrected chi connectivity index (χ2v) is 7.91. The Bertz CT molecular complexity index is 574. The van der Waals surface area contributed by atoms with Gasteiger partial charge < -0.3 is 10.1 Å². The molecule has 0 aromatic carbocycles. The summed E-state index contributed by atoms with van der Waals surface area (Å²) in [5.74, 6) is 0.804. The van der Waals surface area contributed by atoms with Gasteiger partial charge in [-0.1, -0.05) is 6.92 Å². The third kappa shape index (κ3) is 3.81. The Morgan fingerprint density at radius 1 is 1.30 bits per heavy atom. The minimum atomic E-state index is 0.102. The maximum absolute atomic E-state index is 5.54. The lowest BCUT2D eigenvalue weighted by Crippen LogP contribution is -2.22. The Labute approximate surface area is 140 Å². The molecule has 0 aliphatic heterocycles. The van der Waals surface area contributed by atoms with E-state index in [0.717, 1.165) is 25.4 Å². The van der Waals surface area contributed by atoms with Crippen LogP contribution >= 0.6 is 43.2 Å². The molecule has 6 heteroatoms. The lowest BCUT2D eigenvalue weighted by atomic mass is 10.0. The number of pyridine rings is 1. The Hall–Kier alpha value is -0.430. The molecule has 1 N–H and O–H groups in total. The largest absolute Gasteiger partial charge is 0.492 e. The van der Waals surface area contributed by atoms with Crippen molar-refractivity contribution in [2.24, 2.45) is 0 Å². The number of hydrogen-bond acceptors (Lipinski definition) is 4. The van der Waals surface area contributed by atoms with E-state index in [1.54, 1.807) is 17.5 Å². The number of aromatic nitrogens is 1. The van der Waals surface area contributed by atoms with Crippen LogP contribution in [0.15, 0.2) is 32.1 Å². The number of nitrogens with one attached hydrogen (secondary N) is 1. The van der Waals surface area contributed by atoms with E-state index in [4.69, 9.17) is 4.74 Å². The van der Waals surface area contributed by atoms with Gasteiger partial charge in [-0.15, -0.1) is 11.3 Å². The summed E-state index contributed by atoms with van der Waals surface area (Å²) in [5.41, 5.74) is 2.31. The van der Waals surface area contributed by atoms with Gasteiger partial charge >= 0.3 is 0 Å². The van der Waals surface area contributed by atoms with Crippen molar-refractivity contribution in [2.75, 3.05) is 13.2 Å². The molecule has 1 atom stereocenters. The van der Waals surface area contributed by atoms with Crippen LogP contribution in [0.25, 0.3) is 0 Å². The number of hydrogen-bond donors (Lipinski definition) is 1. The van der Waals surface area contributed by atoms with Crippen LogP contribution in [0.3, 0.4) is 0 Å². The van der Waals surface area contributed by atoms with E-state index in [1.807, 2.05) is 19.2 Å². The second-order valence-electron chi connectivity index (χ2n) is 4.16. The monoisotopic (exact) mass is 418 g/mol. The fourth-order valence-corrected chi connectivity index (χ4v) is 4.90. The molecule has 0 saturated heterocycles. The topological polar surface area (TPSA) is 34.2 Å². The molecule has 108 valence electrons. The molecule has 20 heavy (non-hydrogen) atoms. The molecule has 0 aliphatic rings. The van der Waals surface area contributed by atoms with E-state index in [-0.39, 0.29) is 6.04 Å². The molecule has 2 aromatic heterocycles. The van der Waals surface area contributed by atoms with E-state index >= 15 is 0 Å². The average molecular weight is 420 g/mol. The molecule has 0 aliphatic carbocycles. The van der Waals surface area contributed by atoms with Gasteiger partial charge in [0.25, 0.3) is 0 Å². The smallest absolute Gasteiger partial charge is 0.137 e. The minimum absolute atomic E-state index is 0.102. The first-order valence-electron chi connectivity index (χ1n) is 6.41. The lowest BCUT2D eigenvalue weighted by Gasteiger charge is -2.18. The SMILES string of the molecule is CCNC(c1cncc(OCC)c1)c1cc(Br)sc1Br. The number of nitrogens with zero attached hydrogens (tertiary/aromatic N) is 1. The summed E-state index contributed by atoms with van der Waals surface area (Å²) in [5, 5.41) is 3.50. The second kappa shape index (κ2) is 7.54. The molecule has 2 heterocycles. The number of halogens is 2. The summed E-state index contributed by atoms with van der Waals surface area (Å²) < 4.78 is 7.77. The minimum Gasteiger partial charge on any atom is -0.492 e. The van der Waals surface area contributed by atoms with Crippen molar-refractivity contribution >= 4 is 43.2 Å². The first kappa shape index (κ1) is 15.9. The molecule has 0 fully saturated rings.